The molecular weight excluding hydrogens is 377 g/mol. The van der Waals surface area contributed by atoms with Crippen molar-refractivity contribution in [3.63, 3.8) is 0 Å². The number of aromatic amines is 1. The van der Waals surface area contributed by atoms with Gasteiger partial charge in [-0.2, -0.15) is 4.98 Å². The van der Waals surface area contributed by atoms with Crippen LogP contribution in [0.4, 0.5) is 5.95 Å². The lowest BCUT2D eigenvalue weighted by Crippen LogP contribution is -2.36. The SMILES string of the molecule is COO[C@H]1[C@@H](O)[C@H](n2cnc3c(=O)[nH]c(N)nc32)O[C@@H]1COP(=O)(O)O. The molecule has 0 aliphatic carbocycles. The van der Waals surface area contributed by atoms with Crippen LogP contribution in [0.25, 0.3) is 11.2 Å². The van der Waals surface area contributed by atoms with Crippen LogP contribution < -0.4 is 11.3 Å². The number of rotatable bonds is 6. The Morgan fingerprint density at radius 3 is 2.88 bits per heavy atom. The third-order valence-corrected chi connectivity index (χ3v) is 4.13. The van der Waals surface area contributed by atoms with E-state index in [0.29, 0.717) is 0 Å². The van der Waals surface area contributed by atoms with Crippen molar-refractivity contribution in [2.75, 3.05) is 19.5 Å². The maximum atomic E-state index is 11.8. The molecule has 4 atom stereocenters. The Labute approximate surface area is 144 Å². The molecule has 0 aromatic carbocycles. The first-order valence-electron chi connectivity index (χ1n) is 7.16. The van der Waals surface area contributed by atoms with E-state index < -0.39 is 44.5 Å². The molecule has 1 saturated heterocycles. The summed E-state index contributed by atoms with van der Waals surface area (Å²) in [4.78, 5) is 49.1. The van der Waals surface area contributed by atoms with Gasteiger partial charge in [0.15, 0.2) is 23.5 Å². The lowest BCUT2D eigenvalue weighted by Gasteiger charge is -2.18. The van der Waals surface area contributed by atoms with Crippen LogP contribution >= 0.6 is 7.82 Å². The van der Waals surface area contributed by atoms with Gasteiger partial charge < -0.3 is 25.4 Å². The molecule has 2 aromatic heterocycles. The van der Waals surface area contributed by atoms with Crippen LogP contribution in [0.15, 0.2) is 11.1 Å². The fourth-order valence-corrected chi connectivity index (χ4v) is 2.95. The molecule has 3 heterocycles. The lowest BCUT2D eigenvalue weighted by molar-refractivity contribution is -0.322. The Balaban J connectivity index is 1.93. The number of hydrogen-bond donors (Lipinski definition) is 5. The molecular formula is C11H16N5O9P. The number of aliphatic hydroxyl groups is 1. The number of nitrogen functional groups attached to an aromatic ring is 1. The first-order chi connectivity index (χ1) is 12.2. The fraction of sp³-hybridized carbons (Fsp3) is 0.545. The second-order valence-electron chi connectivity index (χ2n) is 5.34. The summed E-state index contributed by atoms with van der Waals surface area (Å²) in [6, 6.07) is 0. The number of anilines is 1. The summed E-state index contributed by atoms with van der Waals surface area (Å²) in [5, 5.41) is 10.5. The third kappa shape index (κ3) is 3.62. The summed E-state index contributed by atoms with van der Waals surface area (Å²) in [7, 11) is -3.58. The van der Waals surface area contributed by atoms with Crippen LogP contribution in [0.1, 0.15) is 6.23 Å². The highest BCUT2D eigenvalue weighted by molar-refractivity contribution is 7.46. The van der Waals surface area contributed by atoms with E-state index in [0.717, 1.165) is 0 Å². The van der Waals surface area contributed by atoms with Gasteiger partial charge in [-0.3, -0.25) is 18.9 Å². The highest BCUT2D eigenvalue weighted by Crippen LogP contribution is 2.39. The van der Waals surface area contributed by atoms with Crippen molar-refractivity contribution in [3.8, 4) is 0 Å². The number of fused-ring (bicyclic) bond motifs is 1. The second kappa shape index (κ2) is 7.02. The largest absolute Gasteiger partial charge is 0.469 e. The van der Waals surface area contributed by atoms with Gasteiger partial charge in [0.05, 0.1) is 20.0 Å². The number of H-pyrrole nitrogens is 1. The number of aromatic nitrogens is 4. The van der Waals surface area contributed by atoms with Gasteiger partial charge in [0.25, 0.3) is 5.56 Å². The average Bonchev–Trinajstić information content (AvgIpc) is 3.08. The van der Waals surface area contributed by atoms with E-state index >= 15 is 0 Å². The fourth-order valence-electron chi connectivity index (χ4n) is 2.61. The molecule has 0 amide bonds. The number of aliphatic hydroxyl groups excluding tert-OH is 1. The van der Waals surface area contributed by atoms with Gasteiger partial charge in [0.2, 0.25) is 5.95 Å². The average molecular weight is 393 g/mol. The maximum Gasteiger partial charge on any atom is 0.469 e. The summed E-state index contributed by atoms with van der Waals surface area (Å²) in [6.07, 6.45) is -3.55. The lowest BCUT2D eigenvalue weighted by atomic mass is 10.1. The molecule has 0 saturated carbocycles. The summed E-state index contributed by atoms with van der Waals surface area (Å²) in [5.74, 6) is -0.164. The normalized spacial score (nSPS) is 26.6. The highest BCUT2D eigenvalue weighted by atomic mass is 31.2. The van der Waals surface area contributed by atoms with Crippen LogP contribution in [-0.4, -0.2) is 66.4 Å². The van der Waals surface area contributed by atoms with E-state index in [1.807, 2.05) is 0 Å². The van der Waals surface area contributed by atoms with Gasteiger partial charge >= 0.3 is 7.82 Å². The molecule has 0 radical (unpaired) electrons. The Morgan fingerprint density at radius 2 is 2.23 bits per heavy atom. The summed E-state index contributed by atoms with van der Waals surface area (Å²) in [6.45, 7) is -0.589. The van der Waals surface area contributed by atoms with Gasteiger partial charge in [-0.1, -0.05) is 0 Å². The van der Waals surface area contributed by atoms with Gasteiger partial charge in [0, 0.05) is 0 Å². The Kier molecular flexibility index (Phi) is 5.09. The topological polar surface area (TPSA) is 204 Å². The van der Waals surface area contributed by atoms with Crippen LogP contribution in [0, 0.1) is 0 Å². The monoisotopic (exact) mass is 393 g/mol. The van der Waals surface area contributed by atoms with Crippen LogP contribution in [-0.2, 0) is 23.6 Å². The number of nitrogens with one attached hydrogen (secondary N) is 1. The number of nitrogens with two attached hydrogens (primary N) is 1. The third-order valence-electron chi connectivity index (χ3n) is 3.65. The second-order valence-corrected chi connectivity index (χ2v) is 6.58. The van der Waals surface area contributed by atoms with E-state index in [1.165, 1.54) is 18.0 Å². The van der Waals surface area contributed by atoms with Gasteiger partial charge in [-0.15, -0.1) is 0 Å². The van der Waals surface area contributed by atoms with E-state index in [2.05, 4.69) is 24.4 Å². The number of phosphoric acid groups is 1. The zero-order chi connectivity index (χ0) is 19.1. The number of imidazole rings is 1. The Hall–Kier alpha value is -1.90. The van der Waals surface area contributed by atoms with Gasteiger partial charge in [0.1, 0.15) is 12.2 Å². The van der Waals surface area contributed by atoms with Crippen molar-refractivity contribution in [2.45, 2.75) is 24.5 Å². The molecule has 0 unspecified atom stereocenters. The first kappa shape index (κ1) is 18.9. The first-order valence-corrected chi connectivity index (χ1v) is 8.69. The number of nitrogens with zero attached hydrogens (tertiary/aromatic N) is 3. The van der Waals surface area contributed by atoms with Gasteiger partial charge in [-0.05, 0) is 0 Å². The molecule has 15 heteroatoms. The van der Waals surface area contributed by atoms with Crippen LogP contribution in [0.2, 0.25) is 0 Å². The van der Waals surface area contributed by atoms with Crippen molar-refractivity contribution in [3.05, 3.63) is 16.7 Å². The molecule has 3 rings (SSSR count). The minimum absolute atomic E-state index is 0.0332. The predicted molar refractivity (Wildman–Crippen MR) is 82.4 cm³/mol. The van der Waals surface area contributed by atoms with E-state index in [9.17, 15) is 14.5 Å². The molecule has 6 N–H and O–H groups in total. The standard InChI is InChI=1S/C11H16N5O9P/c1-22-25-7-4(2-23-26(19,20)21)24-10(6(7)17)16-3-13-5-8(16)14-11(12)15-9(5)18/h3-4,6-7,10,17H,2H2,1H3,(H2,19,20,21)(H3,12,14,15,18)/t4-,6-,7-,10-/m1/s1. The van der Waals surface area contributed by atoms with Crippen LogP contribution in [0.5, 0.6) is 0 Å². The van der Waals surface area contributed by atoms with Gasteiger partial charge in [-0.25, -0.2) is 19.3 Å². The Bertz CT molecular complexity index is 894. The zero-order valence-corrected chi connectivity index (χ0v) is 14.1. The summed E-state index contributed by atoms with van der Waals surface area (Å²) in [5.41, 5.74) is 4.95. The van der Waals surface area contributed by atoms with Crippen molar-refractivity contribution < 1.29 is 38.5 Å². The molecule has 26 heavy (non-hydrogen) atoms. The van der Waals surface area contributed by atoms with E-state index in [4.69, 9.17) is 25.1 Å². The molecule has 1 aliphatic heterocycles. The minimum atomic E-state index is -4.77. The summed E-state index contributed by atoms with van der Waals surface area (Å²) < 4.78 is 22.1. The minimum Gasteiger partial charge on any atom is -0.385 e. The smallest absolute Gasteiger partial charge is 0.385 e. The van der Waals surface area contributed by atoms with Crippen LogP contribution in [0.3, 0.4) is 0 Å². The number of hydrogen-bond acceptors (Lipinski definition) is 10. The van der Waals surface area contributed by atoms with Crippen molar-refractivity contribution in [1.82, 2.24) is 19.5 Å². The molecule has 14 nitrogen and oxygen atoms in total. The zero-order valence-electron chi connectivity index (χ0n) is 13.3. The predicted octanol–water partition coefficient (Wildman–Crippen LogP) is -1.98. The molecule has 1 aliphatic rings. The van der Waals surface area contributed by atoms with Crippen molar-refractivity contribution in [2.24, 2.45) is 0 Å². The molecule has 144 valence electrons. The quantitative estimate of drug-likeness (QED) is 0.206. The van der Waals surface area contributed by atoms with Crippen molar-refractivity contribution in [1.29, 1.82) is 0 Å². The number of phosphoric ester groups is 1. The highest BCUT2D eigenvalue weighted by Gasteiger charge is 2.47. The van der Waals surface area contributed by atoms with Crippen molar-refractivity contribution >= 4 is 24.9 Å². The van der Waals surface area contributed by atoms with E-state index in [-0.39, 0.29) is 17.1 Å². The number of ether oxygens (including phenoxy) is 1. The molecule has 2 aromatic rings. The van der Waals surface area contributed by atoms with E-state index in [1.54, 1.807) is 0 Å². The molecule has 1 fully saturated rings. The Morgan fingerprint density at radius 1 is 1.50 bits per heavy atom. The summed E-state index contributed by atoms with van der Waals surface area (Å²) >= 11 is 0. The molecule has 0 spiro atoms. The maximum absolute atomic E-state index is 11.8. The molecule has 0 bridgehead atoms.